The van der Waals surface area contributed by atoms with Crippen LogP contribution in [0.1, 0.15) is 20.3 Å². The van der Waals surface area contributed by atoms with E-state index in [9.17, 15) is 9.59 Å². The van der Waals surface area contributed by atoms with Gasteiger partial charge in [-0.3, -0.25) is 0 Å². The molecule has 5 nitrogen and oxygen atoms in total. The number of amides is 2. The number of rotatable bonds is 7. The molecule has 1 unspecified atom stereocenters. The van der Waals surface area contributed by atoms with Crippen molar-refractivity contribution in [2.75, 3.05) is 25.1 Å². The minimum Gasteiger partial charge on any atom is -0.480 e. The van der Waals surface area contributed by atoms with E-state index < -0.39 is 12.0 Å². The second kappa shape index (κ2) is 8.27. The van der Waals surface area contributed by atoms with Crippen molar-refractivity contribution in [1.29, 1.82) is 0 Å². The molecule has 0 aliphatic heterocycles. The summed E-state index contributed by atoms with van der Waals surface area (Å²) in [5.41, 5.74) is 0. The average molecular weight is 248 g/mol. The first-order valence-corrected chi connectivity index (χ1v) is 6.73. The molecule has 0 aliphatic carbocycles. The fourth-order valence-corrected chi connectivity index (χ4v) is 1.72. The Morgan fingerprint density at radius 3 is 2.31 bits per heavy atom. The maximum atomic E-state index is 11.6. The summed E-state index contributed by atoms with van der Waals surface area (Å²) >= 11 is 1.57. The lowest BCUT2D eigenvalue weighted by Gasteiger charge is -2.22. The van der Waals surface area contributed by atoms with Crippen molar-refractivity contribution in [2.24, 2.45) is 0 Å². The molecular weight excluding hydrogens is 228 g/mol. The van der Waals surface area contributed by atoms with E-state index in [4.69, 9.17) is 5.11 Å². The largest absolute Gasteiger partial charge is 0.480 e. The third kappa shape index (κ3) is 5.25. The second-order valence-electron chi connectivity index (χ2n) is 3.29. The molecule has 2 amide bonds. The minimum absolute atomic E-state index is 0.307. The summed E-state index contributed by atoms with van der Waals surface area (Å²) < 4.78 is 0. The molecule has 0 aliphatic rings. The van der Waals surface area contributed by atoms with Gasteiger partial charge in [0.05, 0.1) is 0 Å². The molecule has 0 radical (unpaired) electrons. The number of thioether (sulfide) groups is 1. The summed E-state index contributed by atoms with van der Waals surface area (Å²) in [6.45, 7) is 4.88. The fraction of sp³-hybridized carbons (Fsp3) is 0.800. The third-order valence-corrected chi connectivity index (χ3v) is 2.90. The lowest BCUT2D eigenvalue weighted by atomic mass is 10.2. The minimum atomic E-state index is -0.977. The lowest BCUT2D eigenvalue weighted by Crippen LogP contribution is -2.48. The zero-order chi connectivity index (χ0) is 12.6. The Bertz CT molecular complexity index is 232. The monoisotopic (exact) mass is 248 g/mol. The highest BCUT2D eigenvalue weighted by Crippen LogP contribution is 2.02. The van der Waals surface area contributed by atoms with Gasteiger partial charge < -0.3 is 15.3 Å². The van der Waals surface area contributed by atoms with Crippen molar-refractivity contribution >= 4 is 23.8 Å². The van der Waals surface area contributed by atoms with Crippen LogP contribution in [0.3, 0.4) is 0 Å². The summed E-state index contributed by atoms with van der Waals surface area (Å²) in [4.78, 5) is 24.1. The number of carboxylic acids is 1. The van der Waals surface area contributed by atoms with Crippen molar-refractivity contribution < 1.29 is 14.7 Å². The Morgan fingerprint density at radius 2 is 1.94 bits per heavy atom. The summed E-state index contributed by atoms with van der Waals surface area (Å²) in [7, 11) is 0. The third-order valence-electron chi connectivity index (χ3n) is 2.26. The first kappa shape index (κ1) is 15.1. The van der Waals surface area contributed by atoms with Crippen LogP contribution in [0.4, 0.5) is 4.79 Å². The van der Waals surface area contributed by atoms with E-state index in [1.54, 1.807) is 16.7 Å². The van der Waals surface area contributed by atoms with Gasteiger partial charge in [0.2, 0.25) is 0 Å². The summed E-state index contributed by atoms with van der Waals surface area (Å²) in [5, 5.41) is 11.5. The Labute approximate surface area is 101 Å². The second-order valence-corrected chi connectivity index (χ2v) is 4.28. The van der Waals surface area contributed by atoms with Gasteiger partial charge in [0.1, 0.15) is 6.04 Å². The van der Waals surface area contributed by atoms with Crippen LogP contribution in [-0.2, 0) is 4.79 Å². The molecule has 0 heterocycles. The topological polar surface area (TPSA) is 69.6 Å². The summed E-state index contributed by atoms with van der Waals surface area (Å²) in [6, 6.07) is -1.10. The molecule has 0 spiro atoms. The predicted octanol–water partition coefficient (Wildman–Crippen LogP) is 1.24. The Morgan fingerprint density at radius 1 is 1.38 bits per heavy atom. The standard InChI is InChI=1S/C10H20N2O3S/c1-4-12(5-2)10(15)11-8(9(13)14)6-7-16-3/h8H,4-7H2,1-3H3,(H,11,15)(H,13,14). The van der Waals surface area contributed by atoms with E-state index in [2.05, 4.69) is 5.32 Å². The molecule has 6 heteroatoms. The molecule has 2 N–H and O–H groups in total. The Kier molecular flexibility index (Phi) is 7.80. The van der Waals surface area contributed by atoms with Gasteiger partial charge in [-0.1, -0.05) is 0 Å². The summed E-state index contributed by atoms with van der Waals surface area (Å²) in [5.74, 6) is -0.260. The maximum Gasteiger partial charge on any atom is 0.326 e. The van der Waals surface area contributed by atoms with Crippen molar-refractivity contribution in [3.05, 3.63) is 0 Å². The highest BCUT2D eigenvalue weighted by atomic mass is 32.2. The number of carboxylic acid groups (broad SMARTS) is 1. The first-order valence-electron chi connectivity index (χ1n) is 5.33. The molecule has 0 bridgehead atoms. The zero-order valence-electron chi connectivity index (χ0n) is 10.0. The van der Waals surface area contributed by atoms with Crippen LogP contribution >= 0.6 is 11.8 Å². The smallest absolute Gasteiger partial charge is 0.326 e. The number of carbonyl (C=O) groups is 2. The first-order chi connectivity index (χ1) is 7.56. The van der Waals surface area contributed by atoms with Crippen LogP contribution in [0, 0.1) is 0 Å². The van der Waals surface area contributed by atoms with Crippen molar-refractivity contribution in [1.82, 2.24) is 10.2 Å². The van der Waals surface area contributed by atoms with Gasteiger partial charge in [-0.2, -0.15) is 11.8 Å². The normalized spacial score (nSPS) is 11.9. The van der Waals surface area contributed by atoms with Gasteiger partial charge >= 0.3 is 12.0 Å². The number of urea groups is 1. The zero-order valence-corrected chi connectivity index (χ0v) is 10.8. The summed E-state index contributed by atoms with van der Waals surface area (Å²) in [6.07, 6.45) is 2.36. The molecule has 94 valence electrons. The van der Waals surface area contributed by atoms with E-state index in [0.29, 0.717) is 19.5 Å². The van der Waals surface area contributed by atoms with Gasteiger partial charge in [0.25, 0.3) is 0 Å². The Balaban J connectivity index is 4.27. The molecule has 0 aromatic heterocycles. The quantitative estimate of drug-likeness (QED) is 0.711. The van der Waals surface area contributed by atoms with Crippen LogP contribution in [0.5, 0.6) is 0 Å². The van der Waals surface area contributed by atoms with Gasteiger partial charge in [-0.15, -0.1) is 0 Å². The van der Waals surface area contributed by atoms with Crippen molar-refractivity contribution in [3.63, 3.8) is 0 Å². The van der Waals surface area contributed by atoms with Crippen molar-refractivity contribution in [2.45, 2.75) is 26.3 Å². The number of aliphatic carboxylic acids is 1. The van der Waals surface area contributed by atoms with Crippen molar-refractivity contribution in [3.8, 4) is 0 Å². The van der Waals surface area contributed by atoms with Crippen LogP contribution in [0.2, 0.25) is 0 Å². The fourth-order valence-electron chi connectivity index (χ4n) is 1.24. The number of carbonyl (C=O) groups excluding carboxylic acids is 1. The Hall–Kier alpha value is -0.910. The molecule has 1 atom stereocenters. The highest BCUT2D eigenvalue weighted by molar-refractivity contribution is 7.98. The van der Waals surface area contributed by atoms with Gasteiger partial charge in [-0.25, -0.2) is 9.59 Å². The van der Waals surface area contributed by atoms with Gasteiger partial charge in [-0.05, 0) is 32.3 Å². The van der Waals surface area contributed by atoms with Crippen LogP contribution in [-0.4, -0.2) is 53.1 Å². The van der Waals surface area contributed by atoms with E-state index in [1.165, 1.54) is 0 Å². The number of hydrogen-bond donors (Lipinski definition) is 2. The SMILES string of the molecule is CCN(CC)C(=O)NC(CCSC)C(=O)O. The average Bonchev–Trinajstić information content (AvgIpc) is 2.25. The molecular formula is C10H20N2O3S. The van der Waals surface area contributed by atoms with Gasteiger partial charge in [0.15, 0.2) is 0 Å². The lowest BCUT2D eigenvalue weighted by molar-refractivity contribution is -0.139. The van der Waals surface area contributed by atoms with E-state index in [0.717, 1.165) is 5.75 Å². The predicted molar refractivity (Wildman–Crippen MR) is 65.9 cm³/mol. The molecule has 0 rings (SSSR count). The number of nitrogens with zero attached hydrogens (tertiary/aromatic N) is 1. The van der Waals surface area contributed by atoms with Crippen LogP contribution < -0.4 is 5.32 Å². The molecule has 0 saturated heterocycles. The molecule has 0 aromatic rings. The molecule has 0 fully saturated rings. The highest BCUT2D eigenvalue weighted by Gasteiger charge is 2.21. The number of hydrogen-bond acceptors (Lipinski definition) is 3. The van der Waals surface area contributed by atoms with Crippen LogP contribution in [0.15, 0.2) is 0 Å². The van der Waals surface area contributed by atoms with E-state index in [-0.39, 0.29) is 6.03 Å². The van der Waals surface area contributed by atoms with Crippen LogP contribution in [0.25, 0.3) is 0 Å². The maximum absolute atomic E-state index is 11.6. The molecule has 16 heavy (non-hydrogen) atoms. The molecule has 0 aromatic carbocycles. The van der Waals surface area contributed by atoms with E-state index in [1.807, 2.05) is 20.1 Å². The van der Waals surface area contributed by atoms with E-state index >= 15 is 0 Å². The van der Waals surface area contributed by atoms with Gasteiger partial charge in [0, 0.05) is 13.1 Å². The molecule has 0 saturated carbocycles. The number of nitrogens with one attached hydrogen (secondary N) is 1.